The minimum atomic E-state index is -1.82. The molecule has 1 aromatic rings. The van der Waals surface area contributed by atoms with E-state index in [1.807, 2.05) is 18.2 Å². The van der Waals surface area contributed by atoms with Crippen LogP contribution in [0, 0.1) is 23.7 Å². The quantitative estimate of drug-likeness (QED) is 0.549. The van der Waals surface area contributed by atoms with Gasteiger partial charge in [-0.3, -0.25) is 0 Å². The molecule has 0 fully saturated rings. The molecule has 1 aromatic carbocycles. The first kappa shape index (κ1) is 21.5. The molecule has 0 heterocycles. The molecular formula is C24H32O2Si. The van der Waals surface area contributed by atoms with Crippen LogP contribution in [-0.2, 0) is 11.0 Å². The predicted octanol–water partition coefficient (Wildman–Crippen LogP) is 5.53. The third-order valence-electron chi connectivity index (χ3n) is 5.38. The SMILES string of the molecule is CC(C)(C)[Si](C)(C)OCc1ccccc1C=C1C#CCCCCC#CC1O. The van der Waals surface area contributed by atoms with Crippen molar-refractivity contribution in [1.82, 2.24) is 0 Å². The molecule has 1 N–H and O–H groups in total. The van der Waals surface area contributed by atoms with Crippen LogP contribution in [-0.4, -0.2) is 19.5 Å². The minimum Gasteiger partial charge on any atom is -0.413 e. The average Bonchev–Trinajstić information content (AvgIpc) is 2.61. The number of aliphatic hydroxyl groups is 1. The highest BCUT2D eigenvalue weighted by atomic mass is 28.4. The van der Waals surface area contributed by atoms with Gasteiger partial charge in [-0.15, -0.1) is 5.92 Å². The summed E-state index contributed by atoms with van der Waals surface area (Å²) in [6, 6.07) is 8.18. The lowest BCUT2D eigenvalue weighted by molar-refractivity contribution is 0.273. The molecule has 1 atom stereocenters. The van der Waals surface area contributed by atoms with Crippen LogP contribution >= 0.6 is 0 Å². The smallest absolute Gasteiger partial charge is 0.192 e. The fourth-order valence-electron chi connectivity index (χ4n) is 2.47. The van der Waals surface area contributed by atoms with E-state index in [0.29, 0.717) is 12.2 Å². The summed E-state index contributed by atoms with van der Waals surface area (Å²) in [6.07, 6.45) is 4.91. The van der Waals surface area contributed by atoms with Gasteiger partial charge in [0, 0.05) is 18.4 Å². The Hall–Kier alpha value is -1.78. The number of hydrogen-bond acceptors (Lipinski definition) is 2. The van der Waals surface area contributed by atoms with E-state index in [4.69, 9.17) is 4.43 Å². The van der Waals surface area contributed by atoms with E-state index in [1.165, 1.54) is 0 Å². The average molecular weight is 381 g/mol. The van der Waals surface area contributed by atoms with Crippen molar-refractivity contribution in [2.24, 2.45) is 0 Å². The maximum atomic E-state index is 10.4. The summed E-state index contributed by atoms with van der Waals surface area (Å²) in [7, 11) is -1.82. The number of benzene rings is 1. The topological polar surface area (TPSA) is 29.5 Å². The minimum absolute atomic E-state index is 0.175. The second kappa shape index (κ2) is 9.42. The van der Waals surface area contributed by atoms with Gasteiger partial charge in [0.1, 0.15) is 6.10 Å². The maximum absolute atomic E-state index is 10.4. The van der Waals surface area contributed by atoms with Crippen molar-refractivity contribution < 1.29 is 9.53 Å². The highest BCUT2D eigenvalue weighted by Gasteiger charge is 2.37. The molecule has 3 heteroatoms. The monoisotopic (exact) mass is 380 g/mol. The molecule has 0 aromatic heterocycles. The highest BCUT2D eigenvalue weighted by molar-refractivity contribution is 6.74. The van der Waals surface area contributed by atoms with Crippen LogP contribution in [0.5, 0.6) is 0 Å². The van der Waals surface area contributed by atoms with Crippen LogP contribution in [0.25, 0.3) is 6.08 Å². The van der Waals surface area contributed by atoms with Crippen molar-refractivity contribution in [2.75, 3.05) is 0 Å². The van der Waals surface area contributed by atoms with Crippen molar-refractivity contribution >= 4 is 14.4 Å². The molecule has 0 saturated heterocycles. The first-order valence-corrected chi connectivity index (χ1v) is 12.7. The Morgan fingerprint density at radius 1 is 1.15 bits per heavy atom. The van der Waals surface area contributed by atoms with E-state index >= 15 is 0 Å². The van der Waals surface area contributed by atoms with Crippen LogP contribution < -0.4 is 0 Å². The third kappa shape index (κ3) is 6.40. The summed E-state index contributed by atoms with van der Waals surface area (Å²) in [5, 5.41) is 10.6. The maximum Gasteiger partial charge on any atom is 0.192 e. The molecule has 0 aliphatic heterocycles. The molecule has 27 heavy (non-hydrogen) atoms. The summed E-state index contributed by atoms with van der Waals surface area (Å²) in [5.74, 6) is 12.3. The van der Waals surface area contributed by atoms with Gasteiger partial charge in [0.15, 0.2) is 8.32 Å². The summed E-state index contributed by atoms with van der Waals surface area (Å²) in [4.78, 5) is 0. The molecule has 2 nitrogen and oxygen atoms in total. The zero-order valence-corrected chi connectivity index (χ0v) is 18.4. The molecule has 1 unspecified atom stereocenters. The lowest BCUT2D eigenvalue weighted by Crippen LogP contribution is -2.40. The van der Waals surface area contributed by atoms with Crippen molar-refractivity contribution in [1.29, 1.82) is 0 Å². The van der Waals surface area contributed by atoms with E-state index in [0.717, 1.165) is 36.8 Å². The Bertz CT molecular complexity index is 791. The van der Waals surface area contributed by atoms with Crippen molar-refractivity contribution in [3.63, 3.8) is 0 Å². The van der Waals surface area contributed by atoms with E-state index in [9.17, 15) is 5.11 Å². The van der Waals surface area contributed by atoms with Crippen molar-refractivity contribution in [2.45, 2.75) is 77.3 Å². The van der Waals surface area contributed by atoms with Gasteiger partial charge in [-0.2, -0.15) is 0 Å². The van der Waals surface area contributed by atoms with Crippen molar-refractivity contribution in [3.05, 3.63) is 41.0 Å². The molecule has 0 saturated carbocycles. The predicted molar refractivity (Wildman–Crippen MR) is 116 cm³/mol. The van der Waals surface area contributed by atoms with E-state index in [2.05, 4.69) is 69.7 Å². The second-order valence-electron chi connectivity index (χ2n) is 8.58. The Morgan fingerprint density at radius 2 is 1.81 bits per heavy atom. The van der Waals surface area contributed by atoms with Crippen LogP contribution in [0.4, 0.5) is 0 Å². The Labute approximate surface area is 166 Å². The Morgan fingerprint density at radius 3 is 2.52 bits per heavy atom. The van der Waals surface area contributed by atoms with E-state index < -0.39 is 14.4 Å². The summed E-state index contributed by atoms with van der Waals surface area (Å²) >= 11 is 0. The van der Waals surface area contributed by atoms with Crippen LogP contribution in [0.2, 0.25) is 18.1 Å². The normalized spacial score (nSPS) is 19.6. The molecule has 0 amide bonds. The van der Waals surface area contributed by atoms with Gasteiger partial charge in [-0.1, -0.05) is 62.8 Å². The lowest BCUT2D eigenvalue weighted by Gasteiger charge is -2.36. The number of hydrogen-bond donors (Lipinski definition) is 1. The molecule has 0 bridgehead atoms. The number of rotatable bonds is 4. The highest BCUT2D eigenvalue weighted by Crippen LogP contribution is 2.37. The second-order valence-corrected chi connectivity index (χ2v) is 13.4. The van der Waals surface area contributed by atoms with Gasteiger partial charge in [0.05, 0.1) is 6.61 Å². The van der Waals surface area contributed by atoms with E-state index in [1.54, 1.807) is 0 Å². The first-order valence-electron chi connectivity index (χ1n) is 9.79. The zero-order chi connectivity index (χ0) is 19.9. The fraction of sp³-hybridized carbons (Fsp3) is 0.500. The lowest BCUT2D eigenvalue weighted by atomic mass is 10.0. The summed E-state index contributed by atoms with van der Waals surface area (Å²) in [5.41, 5.74) is 2.83. The first-order chi connectivity index (χ1) is 12.7. The molecule has 0 radical (unpaired) electrons. The van der Waals surface area contributed by atoms with Gasteiger partial charge in [0.25, 0.3) is 0 Å². The van der Waals surface area contributed by atoms with Crippen LogP contribution in [0.15, 0.2) is 29.8 Å². The van der Waals surface area contributed by atoms with Crippen LogP contribution in [0.1, 0.15) is 57.6 Å². The standard InChI is InChI=1S/C24H32O2Si/c1-24(2,3)27(4,5)26-19-22-16-13-12-14-20(22)18-21-15-10-8-6-7-9-11-17-23(21)25/h12-14,16,18,23,25H,6-9,19H2,1-5H3. The molecular weight excluding hydrogens is 348 g/mol. The Balaban J connectivity index is 2.29. The molecule has 2 rings (SSSR count). The summed E-state index contributed by atoms with van der Waals surface area (Å²) in [6.45, 7) is 11.8. The van der Waals surface area contributed by atoms with Crippen LogP contribution in [0.3, 0.4) is 0 Å². The zero-order valence-electron chi connectivity index (χ0n) is 17.4. The summed E-state index contributed by atoms with van der Waals surface area (Å²) < 4.78 is 6.40. The molecule has 1 aliphatic rings. The van der Waals surface area contributed by atoms with Gasteiger partial charge < -0.3 is 9.53 Å². The molecule has 144 valence electrons. The molecule has 0 spiro atoms. The number of aliphatic hydroxyl groups excluding tert-OH is 1. The van der Waals surface area contributed by atoms with Gasteiger partial charge in [0.2, 0.25) is 0 Å². The van der Waals surface area contributed by atoms with Crippen molar-refractivity contribution in [3.8, 4) is 23.7 Å². The largest absolute Gasteiger partial charge is 0.413 e. The third-order valence-corrected chi connectivity index (χ3v) is 9.86. The Kier molecular flexibility index (Phi) is 7.51. The van der Waals surface area contributed by atoms with E-state index in [-0.39, 0.29) is 5.04 Å². The van der Waals surface area contributed by atoms with Gasteiger partial charge in [-0.25, -0.2) is 0 Å². The molecule has 1 aliphatic carbocycles. The van der Waals surface area contributed by atoms with Gasteiger partial charge in [-0.05, 0) is 48.2 Å². The van der Waals surface area contributed by atoms with Gasteiger partial charge >= 0.3 is 0 Å². The fourth-order valence-corrected chi connectivity index (χ4v) is 3.42.